The first-order valence-electron chi connectivity index (χ1n) is 7.19. The average molecular weight is 305 g/mol. The maximum Gasteiger partial charge on any atom is 0.213 e. The van der Waals surface area contributed by atoms with Gasteiger partial charge in [-0.3, -0.25) is 0 Å². The summed E-state index contributed by atoms with van der Waals surface area (Å²) < 4.78 is 1.94. The van der Waals surface area contributed by atoms with Crippen LogP contribution in [0.15, 0.2) is 54.9 Å². The zero-order valence-corrected chi connectivity index (χ0v) is 13.3. The number of rotatable bonds is 2. The predicted octanol–water partition coefficient (Wildman–Crippen LogP) is 4.74. The van der Waals surface area contributed by atoms with E-state index >= 15 is 0 Å². The molecule has 0 saturated heterocycles. The number of thiazole rings is 1. The molecule has 0 fully saturated rings. The summed E-state index contributed by atoms with van der Waals surface area (Å²) in [6, 6.07) is 17.2. The second-order valence-corrected chi connectivity index (χ2v) is 6.44. The Hall–Kier alpha value is -2.46. The Kier molecular flexibility index (Phi) is 3.05. The fraction of sp³-hybridized carbons (Fsp3) is 0.111. The lowest BCUT2D eigenvalue weighted by Crippen LogP contribution is -1.90. The topological polar surface area (TPSA) is 30.2 Å². The van der Waals surface area contributed by atoms with Gasteiger partial charge in [0.15, 0.2) is 0 Å². The summed E-state index contributed by atoms with van der Waals surface area (Å²) in [5.41, 5.74) is 6.00. The van der Waals surface area contributed by atoms with Crippen LogP contribution < -0.4 is 0 Å². The van der Waals surface area contributed by atoms with Gasteiger partial charge in [-0.25, -0.2) is 9.50 Å². The molecule has 2 aromatic carbocycles. The highest BCUT2D eigenvalue weighted by Gasteiger charge is 2.17. The molecule has 108 valence electrons. The third-order valence-corrected chi connectivity index (χ3v) is 4.87. The number of hydrogen-bond acceptors (Lipinski definition) is 3. The van der Waals surface area contributed by atoms with Gasteiger partial charge >= 0.3 is 0 Å². The second kappa shape index (κ2) is 5.07. The third-order valence-electron chi connectivity index (χ3n) is 3.78. The first-order chi connectivity index (χ1) is 10.7. The molecule has 22 heavy (non-hydrogen) atoms. The van der Waals surface area contributed by atoms with E-state index < -0.39 is 0 Å². The molecule has 0 N–H and O–H groups in total. The Balaban J connectivity index is 1.98. The second-order valence-electron chi connectivity index (χ2n) is 5.47. The standard InChI is InChI=1S/C18H15N3S/c1-12-3-7-14(8-4-12)16-17(15-9-5-13(2)6-10-15)22-18-19-11-20-21(16)18/h3-11H,1-2H3. The van der Waals surface area contributed by atoms with Gasteiger partial charge in [0.05, 0.1) is 10.6 Å². The number of benzene rings is 2. The number of hydrogen-bond donors (Lipinski definition) is 0. The van der Waals surface area contributed by atoms with Gasteiger partial charge in [-0.2, -0.15) is 5.10 Å². The van der Waals surface area contributed by atoms with Crippen LogP contribution in [0.2, 0.25) is 0 Å². The van der Waals surface area contributed by atoms with Crippen molar-refractivity contribution in [3.63, 3.8) is 0 Å². The van der Waals surface area contributed by atoms with Crippen LogP contribution in [-0.4, -0.2) is 14.6 Å². The highest BCUT2D eigenvalue weighted by atomic mass is 32.1. The van der Waals surface area contributed by atoms with Crippen molar-refractivity contribution in [1.29, 1.82) is 0 Å². The number of fused-ring (bicyclic) bond motifs is 1. The molecule has 4 aromatic rings. The quantitative estimate of drug-likeness (QED) is 0.535. The molecule has 4 rings (SSSR count). The van der Waals surface area contributed by atoms with Crippen LogP contribution in [0.25, 0.3) is 26.7 Å². The molecule has 0 atom stereocenters. The third kappa shape index (κ3) is 2.12. The van der Waals surface area contributed by atoms with E-state index in [4.69, 9.17) is 0 Å². The van der Waals surface area contributed by atoms with Gasteiger partial charge in [-0.15, -0.1) is 0 Å². The first-order valence-corrected chi connectivity index (χ1v) is 8.00. The molecule has 0 spiro atoms. The predicted molar refractivity (Wildman–Crippen MR) is 91.2 cm³/mol. The van der Waals surface area contributed by atoms with Crippen molar-refractivity contribution < 1.29 is 0 Å². The van der Waals surface area contributed by atoms with E-state index in [1.54, 1.807) is 17.7 Å². The molecule has 0 aliphatic heterocycles. The van der Waals surface area contributed by atoms with Crippen LogP contribution in [0.3, 0.4) is 0 Å². The van der Waals surface area contributed by atoms with Gasteiger partial charge in [0.25, 0.3) is 0 Å². The number of nitrogens with zero attached hydrogens (tertiary/aromatic N) is 3. The minimum atomic E-state index is 0.922. The van der Waals surface area contributed by atoms with Gasteiger partial charge in [-0.05, 0) is 19.4 Å². The fourth-order valence-electron chi connectivity index (χ4n) is 2.56. The smallest absolute Gasteiger partial charge is 0.206 e. The molecular formula is C18H15N3S. The summed E-state index contributed by atoms with van der Waals surface area (Å²) >= 11 is 1.68. The monoisotopic (exact) mass is 305 g/mol. The van der Waals surface area contributed by atoms with Crippen LogP contribution >= 0.6 is 11.3 Å². The molecule has 0 aliphatic rings. The van der Waals surface area contributed by atoms with Crippen LogP contribution in [0.1, 0.15) is 11.1 Å². The largest absolute Gasteiger partial charge is 0.213 e. The Morgan fingerprint density at radius 3 is 2.05 bits per heavy atom. The zero-order valence-electron chi connectivity index (χ0n) is 12.4. The Labute approximate surface area is 132 Å². The molecule has 2 heterocycles. The van der Waals surface area contributed by atoms with Gasteiger partial charge in [0, 0.05) is 5.56 Å². The van der Waals surface area contributed by atoms with Gasteiger partial charge < -0.3 is 0 Å². The fourth-order valence-corrected chi connectivity index (χ4v) is 3.62. The van der Waals surface area contributed by atoms with Gasteiger partial charge in [0.2, 0.25) is 4.96 Å². The number of aryl methyl sites for hydroxylation is 2. The van der Waals surface area contributed by atoms with E-state index in [9.17, 15) is 0 Å². The molecule has 3 nitrogen and oxygen atoms in total. The average Bonchev–Trinajstić information content (AvgIpc) is 3.10. The molecular weight excluding hydrogens is 290 g/mol. The molecule has 0 aliphatic carbocycles. The van der Waals surface area contributed by atoms with Crippen LogP contribution in [0, 0.1) is 13.8 Å². The van der Waals surface area contributed by atoms with Crippen molar-refractivity contribution in [2.75, 3.05) is 0 Å². The van der Waals surface area contributed by atoms with E-state index in [0.29, 0.717) is 0 Å². The molecule has 0 amide bonds. The summed E-state index contributed by atoms with van der Waals surface area (Å²) in [6.45, 7) is 4.21. The van der Waals surface area contributed by atoms with E-state index in [1.807, 2.05) is 4.52 Å². The maximum absolute atomic E-state index is 4.40. The normalized spacial score (nSPS) is 11.2. The maximum atomic E-state index is 4.40. The Morgan fingerprint density at radius 1 is 0.818 bits per heavy atom. The van der Waals surface area contributed by atoms with Crippen molar-refractivity contribution in [3.05, 3.63) is 66.0 Å². The molecule has 0 bridgehead atoms. The van der Waals surface area contributed by atoms with Crippen molar-refractivity contribution in [1.82, 2.24) is 14.6 Å². The summed E-state index contributed by atoms with van der Waals surface area (Å²) in [7, 11) is 0. The van der Waals surface area contributed by atoms with Crippen molar-refractivity contribution >= 4 is 16.3 Å². The molecule has 0 radical (unpaired) electrons. The van der Waals surface area contributed by atoms with Crippen LogP contribution in [0.5, 0.6) is 0 Å². The Morgan fingerprint density at radius 2 is 1.41 bits per heavy atom. The minimum Gasteiger partial charge on any atom is -0.206 e. The van der Waals surface area contributed by atoms with Crippen LogP contribution in [0.4, 0.5) is 0 Å². The summed E-state index contributed by atoms with van der Waals surface area (Å²) in [6.07, 6.45) is 1.61. The van der Waals surface area contributed by atoms with Crippen molar-refractivity contribution in [2.24, 2.45) is 0 Å². The summed E-state index contributed by atoms with van der Waals surface area (Å²) in [4.78, 5) is 6.49. The highest BCUT2D eigenvalue weighted by Crippen LogP contribution is 2.38. The van der Waals surface area contributed by atoms with Crippen LogP contribution in [-0.2, 0) is 0 Å². The first kappa shape index (κ1) is 13.2. The van der Waals surface area contributed by atoms with E-state index in [1.165, 1.54) is 21.6 Å². The van der Waals surface area contributed by atoms with E-state index in [2.05, 4.69) is 72.5 Å². The minimum absolute atomic E-state index is 0.922. The van der Waals surface area contributed by atoms with Crippen molar-refractivity contribution in [3.8, 4) is 21.7 Å². The lowest BCUT2D eigenvalue weighted by molar-refractivity contribution is 0.985. The lowest BCUT2D eigenvalue weighted by Gasteiger charge is -2.05. The highest BCUT2D eigenvalue weighted by molar-refractivity contribution is 7.20. The van der Waals surface area contributed by atoms with Gasteiger partial charge in [0.1, 0.15) is 6.33 Å². The summed E-state index contributed by atoms with van der Waals surface area (Å²) in [5.74, 6) is 0. The van der Waals surface area contributed by atoms with E-state index in [-0.39, 0.29) is 0 Å². The molecule has 0 unspecified atom stereocenters. The van der Waals surface area contributed by atoms with Crippen molar-refractivity contribution in [2.45, 2.75) is 13.8 Å². The molecule has 0 saturated carbocycles. The molecule has 2 aromatic heterocycles. The summed E-state index contributed by atoms with van der Waals surface area (Å²) in [5, 5.41) is 4.40. The van der Waals surface area contributed by atoms with Gasteiger partial charge in [-0.1, -0.05) is 71.0 Å². The SMILES string of the molecule is Cc1ccc(-c2sc3ncnn3c2-c2ccc(C)cc2)cc1. The van der Waals surface area contributed by atoms with E-state index in [0.717, 1.165) is 16.2 Å². The zero-order chi connectivity index (χ0) is 15.1. The molecule has 4 heteroatoms. The lowest BCUT2D eigenvalue weighted by atomic mass is 10.0. The Bertz CT molecular complexity index is 931. The number of aromatic nitrogens is 3.